The molecular formula is C15H13ClN2O3. The van der Waals surface area contributed by atoms with E-state index < -0.39 is 4.92 Å². The summed E-state index contributed by atoms with van der Waals surface area (Å²) in [5.41, 5.74) is 2.94. The first-order chi connectivity index (χ1) is 10.1. The van der Waals surface area contributed by atoms with Gasteiger partial charge in [0.05, 0.1) is 34.9 Å². The Morgan fingerprint density at radius 3 is 2.86 bits per heavy atom. The molecule has 0 aliphatic carbocycles. The Kier molecular flexibility index (Phi) is 3.77. The highest BCUT2D eigenvalue weighted by Gasteiger charge is 2.21. The van der Waals surface area contributed by atoms with Crippen LogP contribution in [0.25, 0.3) is 0 Å². The summed E-state index contributed by atoms with van der Waals surface area (Å²) in [6.45, 7) is 1.13. The number of rotatable bonds is 3. The minimum Gasteiger partial charge on any atom is -0.375 e. The van der Waals surface area contributed by atoms with Gasteiger partial charge in [-0.3, -0.25) is 10.1 Å². The number of fused-ring (bicyclic) bond motifs is 1. The number of benzene rings is 2. The van der Waals surface area contributed by atoms with E-state index in [4.69, 9.17) is 16.3 Å². The summed E-state index contributed by atoms with van der Waals surface area (Å²) in [4.78, 5) is 10.3. The van der Waals surface area contributed by atoms with Crippen molar-refractivity contribution in [3.8, 4) is 0 Å². The minimum atomic E-state index is -0.464. The van der Waals surface area contributed by atoms with Gasteiger partial charge in [0, 0.05) is 12.1 Å². The van der Waals surface area contributed by atoms with Crippen LogP contribution >= 0.6 is 11.6 Å². The maximum atomic E-state index is 10.7. The van der Waals surface area contributed by atoms with Crippen LogP contribution in [0.15, 0.2) is 42.5 Å². The number of nitrogens with zero attached hydrogens (tertiary/aromatic N) is 1. The number of nitro groups is 1. The first kappa shape index (κ1) is 13.9. The van der Waals surface area contributed by atoms with E-state index in [1.165, 1.54) is 12.1 Å². The van der Waals surface area contributed by atoms with Crippen molar-refractivity contribution in [3.05, 3.63) is 68.7 Å². The number of anilines is 1. The predicted octanol–water partition coefficient (Wildman–Crippen LogP) is 3.93. The molecule has 0 amide bonds. The summed E-state index contributed by atoms with van der Waals surface area (Å²) >= 11 is 6.11. The van der Waals surface area contributed by atoms with Gasteiger partial charge in [-0.25, -0.2) is 0 Å². The van der Waals surface area contributed by atoms with Gasteiger partial charge in [-0.1, -0.05) is 35.9 Å². The van der Waals surface area contributed by atoms with E-state index in [-0.39, 0.29) is 11.7 Å². The summed E-state index contributed by atoms with van der Waals surface area (Å²) in [6, 6.07) is 12.4. The van der Waals surface area contributed by atoms with Crippen LogP contribution in [0.5, 0.6) is 0 Å². The fourth-order valence-electron chi connectivity index (χ4n) is 2.42. The molecule has 1 atom stereocenters. The maximum absolute atomic E-state index is 10.7. The van der Waals surface area contributed by atoms with E-state index >= 15 is 0 Å². The van der Waals surface area contributed by atoms with Gasteiger partial charge in [0.25, 0.3) is 5.69 Å². The number of non-ortho nitro benzene ring substituents is 1. The van der Waals surface area contributed by atoms with Gasteiger partial charge in [-0.15, -0.1) is 0 Å². The normalized spacial score (nSPS) is 17.1. The average Bonchev–Trinajstić information content (AvgIpc) is 2.49. The lowest BCUT2D eigenvalue weighted by Crippen LogP contribution is -2.23. The SMILES string of the molecule is O=[N+]([O-])c1ccc(NC2COCc3ccccc32)c(Cl)c1. The standard InChI is InChI=1S/C15H13ClN2O3/c16-13-7-11(18(19)20)5-6-14(13)17-15-9-21-8-10-3-1-2-4-12(10)15/h1-7,15,17H,8-9H2. The van der Waals surface area contributed by atoms with Gasteiger partial charge >= 0.3 is 0 Å². The van der Waals surface area contributed by atoms with Crippen molar-refractivity contribution in [2.24, 2.45) is 0 Å². The Labute approximate surface area is 126 Å². The van der Waals surface area contributed by atoms with Crippen LogP contribution < -0.4 is 5.32 Å². The van der Waals surface area contributed by atoms with Crippen molar-refractivity contribution in [3.63, 3.8) is 0 Å². The molecule has 0 saturated heterocycles. The Balaban J connectivity index is 1.86. The van der Waals surface area contributed by atoms with Crippen LogP contribution in [0.2, 0.25) is 5.02 Å². The monoisotopic (exact) mass is 304 g/mol. The molecule has 5 nitrogen and oxygen atoms in total. The highest BCUT2D eigenvalue weighted by atomic mass is 35.5. The zero-order valence-corrected chi connectivity index (χ0v) is 11.8. The van der Waals surface area contributed by atoms with E-state index in [1.54, 1.807) is 6.07 Å². The smallest absolute Gasteiger partial charge is 0.271 e. The van der Waals surface area contributed by atoms with Crippen molar-refractivity contribution in [2.45, 2.75) is 12.6 Å². The average molecular weight is 305 g/mol. The quantitative estimate of drug-likeness (QED) is 0.689. The summed E-state index contributed by atoms with van der Waals surface area (Å²) in [6.07, 6.45) is 0. The maximum Gasteiger partial charge on any atom is 0.271 e. The highest BCUT2D eigenvalue weighted by molar-refractivity contribution is 6.33. The van der Waals surface area contributed by atoms with Crippen LogP contribution in [0, 0.1) is 10.1 Å². The number of nitro benzene ring substituents is 1. The van der Waals surface area contributed by atoms with Crippen molar-refractivity contribution in [1.29, 1.82) is 0 Å². The Morgan fingerprint density at radius 2 is 2.10 bits per heavy atom. The molecule has 1 aliphatic heterocycles. The van der Waals surface area contributed by atoms with Crippen LogP contribution in [-0.4, -0.2) is 11.5 Å². The van der Waals surface area contributed by atoms with Crippen molar-refractivity contribution in [2.75, 3.05) is 11.9 Å². The molecule has 108 valence electrons. The molecule has 0 bridgehead atoms. The van der Waals surface area contributed by atoms with E-state index in [1.807, 2.05) is 18.2 Å². The molecule has 1 unspecified atom stereocenters. The van der Waals surface area contributed by atoms with E-state index in [0.29, 0.717) is 23.9 Å². The Morgan fingerprint density at radius 1 is 1.29 bits per heavy atom. The lowest BCUT2D eigenvalue weighted by molar-refractivity contribution is -0.384. The number of ether oxygens (including phenoxy) is 1. The van der Waals surface area contributed by atoms with Gasteiger partial charge in [-0.2, -0.15) is 0 Å². The fourth-order valence-corrected chi connectivity index (χ4v) is 2.65. The molecule has 0 aromatic heterocycles. The van der Waals surface area contributed by atoms with Crippen LogP contribution in [-0.2, 0) is 11.3 Å². The van der Waals surface area contributed by atoms with Gasteiger partial charge in [0.15, 0.2) is 0 Å². The first-order valence-electron chi connectivity index (χ1n) is 6.51. The lowest BCUT2D eigenvalue weighted by Gasteiger charge is -2.27. The van der Waals surface area contributed by atoms with Crippen LogP contribution in [0.1, 0.15) is 17.2 Å². The lowest BCUT2D eigenvalue weighted by atomic mass is 9.99. The first-order valence-corrected chi connectivity index (χ1v) is 6.89. The van der Waals surface area contributed by atoms with Crippen molar-refractivity contribution >= 4 is 23.0 Å². The molecule has 0 spiro atoms. The molecule has 1 heterocycles. The second-order valence-corrected chi connectivity index (χ2v) is 5.24. The number of halogens is 1. The number of hydrogen-bond donors (Lipinski definition) is 1. The van der Waals surface area contributed by atoms with Gasteiger partial charge in [0.1, 0.15) is 0 Å². The molecule has 2 aromatic rings. The zero-order valence-electron chi connectivity index (χ0n) is 11.1. The third-order valence-electron chi connectivity index (χ3n) is 3.47. The third-order valence-corrected chi connectivity index (χ3v) is 3.78. The van der Waals surface area contributed by atoms with Crippen LogP contribution in [0.3, 0.4) is 0 Å². The van der Waals surface area contributed by atoms with Gasteiger partial charge in [0.2, 0.25) is 0 Å². The summed E-state index contributed by atoms with van der Waals surface area (Å²) < 4.78 is 5.57. The van der Waals surface area contributed by atoms with Crippen molar-refractivity contribution < 1.29 is 9.66 Å². The summed E-state index contributed by atoms with van der Waals surface area (Å²) in [7, 11) is 0. The number of nitrogens with one attached hydrogen (secondary N) is 1. The Hall–Kier alpha value is -2.11. The molecule has 6 heteroatoms. The molecule has 2 aromatic carbocycles. The molecule has 3 rings (SSSR count). The largest absolute Gasteiger partial charge is 0.375 e. The molecule has 0 saturated carbocycles. The molecule has 1 aliphatic rings. The molecule has 1 N–H and O–H groups in total. The van der Waals surface area contributed by atoms with Gasteiger partial charge < -0.3 is 10.1 Å². The molecule has 21 heavy (non-hydrogen) atoms. The Bertz CT molecular complexity index is 690. The minimum absolute atomic E-state index is 0.0195. The number of hydrogen-bond acceptors (Lipinski definition) is 4. The predicted molar refractivity (Wildman–Crippen MR) is 80.6 cm³/mol. The summed E-state index contributed by atoms with van der Waals surface area (Å²) in [5.74, 6) is 0. The molecular weight excluding hydrogens is 292 g/mol. The zero-order chi connectivity index (χ0) is 14.8. The third kappa shape index (κ3) is 2.84. The molecule has 0 radical (unpaired) electrons. The van der Waals surface area contributed by atoms with Crippen LogP contribution in [0.4, 0.5) is 11.4 Å². The van der Waals surface area contributed by atoms with E-state index in [0.717, 1.165) is 11.1 Å². The second kappa shape index (κ2) is 5.71. The molecule has 0 fully saturated rings. The van der Waals surface area contributed by atoms with E-state index in [9.17, 15) is 10.1 Å². The summed E-state index contributed by atoms with van der Waals surface area (Å²) in [5, 5.41) is 14.3. The fraction of sp³-hybridized carbons (Fsp3) is 0.200. The second-order valence-electron chi connectivity index (χ2n) is 4.83. The van der Waals surface area contributed by atoms with Crippen molar-refractivity contribution in [1.82, 2.24) is 0 Å². The van der Waals surface area contributed by atoms with Gasteiger partial charge in [-0.05, 0) is 17.2 Å². The highest BCUT2D eigenvalue weighted by Crippen LogP contribution is 2.32. The topological polar surface area (TPSA) is 64.4 Å². The van der Waals surface area contributed by atoms with E-state index in [2.05, 4.69) is 11.4 Å².